The minimum absolute atomic E-state index is 0.277. The van der Waals surface area contributed by atoms with Crippen LogP contribution in [-0.4, -0.2) is 35.3 Å². The molecule has 2 nitrogen and oxygen atoms in total. The summed E-state index contributed by atoms with van der Waals surface area (Å²) in [5, 5.41) is 13.4. The zero-order chi connectivity index (χ0) is 12.0. The van der Waals surface area contributed by atoms with E-state index in [2.05, 4.69) is 25.4 Å². The van der Waals surface area contributed by atoms with Crippen LogP contribution in [-0.2, 0) is 0 Å². The van der Waals surface area contributed by atoms with Crippen molar-refractivity contribution >= 4 is 11.8 Å². The molecular weight excluding hydrogens is 218 g/mol. The molecule has 0 bridgehead atoms. The van der Waals surface area contributed by atoms with E-state index in [0.29, 0.717) is 17.3 Å². The van der Waals surface area contributed by atoms with Crippen molar-refractivity contribution in [1.29, 1.82) is 0 Å². The Morgan fingerprint density at radius 3 is 2.62 bits per heavy atom. The summed E-state index contributed by atoms with van der Waals surface area (Å²) in [6.07, 6.45) is 8.82. The molecule has 0 aromatic heterocycles. The monoisotopic (exact) mass is 245 g/mol. The number of rotatable bonds is 6. The highest BCUT2D eigenvalue weighted by atomic mass is 32.2. The summed E-state index contributed by atoms with van der Waals surface area (Å²) >= 11 is 1.76. The van der Waals surface area contributed by atoms with Gasteiger partial charge >= 0.3 is 0 Å². The van der Waals surface area contributed by atoms with Gasteiger partial charge in [-0.15, -0.1) is 0 Å². The van der Waals surface area contributed by atoms with Crippen molar-refractivity contribution in [3.8, 4) is 0 Å². The third-order valence-corrected chi connectivity index (χ3v) is 5.11. The summed E-state index contributed by atoms with van der Waals surface area (Å²) in [5.74, 6) is 0.845. The van der Waals surface area contributed by atoms with Gasteiger partial charge in [0, 0.05) is 17.3 Å². The van der Waals surface area contributed by atoms with E-state index in [9.17, 15) is 5.11 Å². The highest BCUT2D eigenvalue weighted by molar-refractivity contribution is 7.99. The fourth-order valence-corrected chi connectivity index (χ4v) is 3.43. The number of hydrogen-bond donors (Lipinski definition) is 2. The van der Waals surface area contributed by atoms with Gasteiger partial charge in [-0.1, -0.05) is 26.2 Å². The van der Waals surface area contributed by atoms with Gasteiger partial charge in [0.15, 0.2) is 0 Å². The number of aliphatic hydroxyl groups is 1. The minimum atomic E-state index is 0.277. The Morgan fingerprint density at radius 1 is 1.38 bits per heavy atom. The second-order valence-electron chi connectivity index (χ2n) is 4.97. The Hall–Kier alpha value is 0.270. The zero-order valence-electron chi connectivity index (χ0n) is 10.9. The second kappa shape index (κ2) is 7.57. The van der Waals surface area contributed by atoms with Crippen LogP contribution in [0.25, 0.3) is 0 Å². The van der Waals surface area contributed by atoms with Gasteiger partial charge in [0.05, 0.1) is 6.61 Å². The number of thioether (sulfide) groups is 1. The molecule has 2 N–H and O–H groups in total. The molecule has 96 valence electrons. The third kappa shape index (κ3) is 3.94. The van der Waals surface area contributed by atoms with E-state index in [1.165, 1.54) is 32.1 Å². The average molecular weight is 245 g/mol. The molecule has 0 aromatic carbocycles. The lowest BCUT2D eigenvalue weighted by Gasteiger charge is -2.35. The second-order valence-corrected chi connectivity index (χ2v) is 6.05. The molecule has 0 spiro atoms. The van der Waals surface area contributed by atoms with E-state index in [-0.39, 0.29) is 6.61 Å². The fourth-order valence-electron chi connectivity index (χ4n) is 2.80. The Balaban J connectivity index is 2.43. The predicted octanol–water partition coefficient (Wildman–Crippen LogP) is 2.66. The minimum Gasteiger partial charge on any atom is -0.395 e. The molecule has 1 fully saturated rings. The number of aliphatic hydroxyl groups excluding tert-OH is 1. The summed E-state index contributed by atoms with van der Waals surface area (Å²) in [5.41, 5.74) is 0. The van der Waals surface area contributed by atoms with Crippen LogP contribution in [0.3, 0.4) is 0 Å². The lowest BCUT2D eigenvalue weighted by Crippen LogP contribution is -2.47. The molecule has 1 aliphatic carbocycles. The lowest BCUT2D eigenvalue weighted by molar-refractivity contribution is 0.220. The number of hydrogen-bond acceptors (Lipinski definition) is 3. The highest BCUT2D eigenvalue weighted by Gasteiger charge is 2.26. The standard InChI is InChI=1S/C13H27NOS/c1-4-11-7-5-6-8-12(11)14-10(2)13(9-15)16-3/h10-15H,4-9H2,1-3H3. The fraction of sp³-hybridized carbons (Fsp3) is 1.00. The smallest absolute Gasteiger partial charge is 0.0564 e. The molecule has 0 saturated heterocycles. The topological polar surface area (TPSA) is 32.3 Å². The number of nitrogens with one attached hydrogen (secondary N) is 1. The maximum Gasteiger partial charge on any atom is 0.0564 e. The third-order valence-electron chi connectivity index (χ3n) is 3.95. The molecule has 0 radical (unpaired) electrons. The summed E-state index contributed by atoms with van der Waals surface area (Å²) < 4.78 is 0. The summed E-state index contributed by atoms with van der Waals surface area (Å²) in [4.78, 5) is 0. The highest BCUT2D eigenvalue weighted by Crippen LogP contribution is 2.27. The largest absolute Gasteiger partial charge is 0.395 e. The van der Waals surface area contributed by atoms with E-state index >= 15 is 0 Å². The first-order valence-electron chi connectivity index (χ1n) is 6.62. The van der Waals surface area contributed by atoms with Crippen molar-refractivity contribution < 1.29 is 5.11 Å². The van der Waals surface area contributed by atoms with Crippen LogP contribution in [0.4, 0.5) is 0 Å². The summed E-state index contributed by atoms with van der Waals surface area (Å²) in [6.45, 7) is 4.78. The van der Waals surface area contributed by atoms with Gasteiger partial charge < -0.3 is 10.4 Å². The van der Waals surface area contributed by atoms with Crippen LogP contribution in [0.5, 0.6) is 0 Å². The van der Waals surface area contributed by atoms with Gasteiger partial charge in [-0.05, 0) is 31.9 Å². The molecular formula is C13H27NOS. The van der Waals surface area contributed by atoms with Gasteiger partial charge in [-0.25, -0.2) is 0 Å². The van der Waals surface area contributed by atoms with Crippen LogP contribution in [0, 0.1) is 5.92 Å². The van der Waals surface area contributed by atoms with Gasteiger partial charge in [-0.3, -0.25) is 0 Å². The van der Waals surface area contributed by atoms with Crippen LogP contribution in [0.2, 0.25) is 0 Å². The van der Waals surface area contributed by atoms with E-state index in [4.69, 9.17) is 0 Å². The summed E-state index contributed by atoms with van der Waals surface area (Å²) in [7, 11) is 0. The average Bonchev–Trinajstić information content (AvgIpc) is 2.31. The molecule has 4 atom stereocenters. The molecule has 0 aliphatic heterocycles. The first kappa shape index (κ1) is 14.3. The van der Waals surface area contributed by atoms with Crippen LogP contribution >= 0.6 is 11.8 Å². The molecule has 1 aliphatic rings. The normalized spacial score (nSPS) is 30.0. The van der Waals surface area contributed by atoms with Crippen molar-refractivity contribution in [2.24, 2.45) is 5.92 Å². The van der Waals surface area contributed by atoms with Crippen molar-refractivity contribution in [3.63, 3.8) is 0 Å². The maximum atomic E-state index is 9.29. The van der Waals surface area contributed by atoms with E-state index in [0.717, 1.165) is 5.92 Å². The molecule has 4 unspecified atom stereocenters. The molecule has 1 saturated carbocycles. The van der Waals surface area contributed by atoms with E-state index in [1.54, 1.807) is 11.8 Å². The van der Waals surface area contributed by atoms with Gasteiger partial charge in [-0.2, -0.15) is 11.8 Å². The van der Waals surface area contributed by atoms with Gasteiger partial charge in [0.2, 0.25) is 0 Å². The Bertz CT molecular complexity index is 185. The SMILES string of the molecule is CCC1CCCCC1NC(C)C(CO)SC. The summed E-state index contributed by atoms with van der Waals surface area (Å²) in [6, 6.07) is 1.09. The van der Waals surface area contributed by atoms with E-state index < -0.39 is 0 Å². The van der Waals surface area contributed by atoms with Crippen LogP contribution < -0.4 is 5.32 Å². The zero-order valence-corrected chi connectivity index (χ0v) is 11.7. The van der Waals surface area contributed by atoms with E-state index in [1.807, 2.05) is 0 Å². The van der Waals surface area contributed by atoms with Crippen molar-refractivity contribution in [3.05, 3.63) is 0 Å². The molecule has 0 heterocycles. The van der Waals surface area contributed by atoms with Gasteiger partial charge in [0.1, 0.15) is 0 Å². The predicted molar refractivity (Wildman–Crippen MR) is 73.0 cm³/mol. The molecule has 3 heteroatoms. The quantitative estimate of drug-likeness (QED) is 0.754. The van der Waals surface area contributed by atoms with Crippen molar-refractivity contribution in [1.82, 2.24) is 5.32 Å². The van der Waals surface area contributed by atoms with Crippen LogP contribution in [0.1, 0.15) is 46.0 Å². The molecule has 1 rings (SSSR count). The van der Waals surface area contributed by atoms with Crippen molar-refractivity contribution in [2.75, 3.05) is 12.9 Å². The first-order valence-corrected chi connectivity index (χ1v) is 7.91. The first-order chi connectivity index (χ1) is 7.72. The Labute approximate surface area is 105 Å². The van der Waals surface area contributed by atoms with Gasteiger partial charge in [0.25, 0.3) is 0 Å². The Morgan fingerprint density at radius 2 is 2.06 bits per heavy atom. The molecule has 0 aromatic rings. The van der Waals surface area contributed by atoms with Crippen molar-refractivity contribution in [2.45, 2.75) is 63.3 Å². The maximum absolute atomic E-state index is 9.29. The Kier molecular flexibility index (Phi) is 6.78. The lowest BCUT2D eigenvalue weighted by atomic mass is 9.82. The molecule has 0 amide bonds. The van der Waals surface area contributed by atoms with Crippen LogP contribution in [0.15, 0.2) is 0 Å². The molecule has 16 heavy (non-hydrogen) atoms.